The van der Waals surface area contributed by atoms with Crippen molar-refractivity contribution >= 4 is 37.5 Å². The summed E-state index contributed by atoms with van der Waals surface area (Å²) in [6, 6.07) is 0. The van der Waals surface area contributed by atoms with E-state index in [-0.39, 0.29) is 4.21 Å². The Morgan fingerprint density at radius 1 is 1.44 bits per heavy atom. The van der Waals surface area contributed by atoms with Gasteiger partial charge in [-0.25, -0.2) is 8.42 Å². The molecule has 0 N–H and O–H groups in total. The van der Waals surface area contributed by atoms with Crippen LogP contribution in [0.25, 0.3) is 0 Å². The predicted molar refractivity (Wildman–Crippen MR) is 61.7 cm³/mol. The molecule has 0 aliphatic heterocycles. The summed E-state index contributed by atoms with van der Waals surface area (Å²) in [6.45, 7) is 2.14. The number of hydrogen-bond donors (Lipinski definition) is 0. The molecule has 1 rings (SSSR count). The predicted octanol–water partition coefficient (Wildman–Crippen LogP) is 1.78. The van der Waals surface area contributed by atoms with Crippen LogP contribution in [0.1, 0.15) is 5.56 Å². The van der Waals surface area contributed by atoms with Crippen molar-refractivity contribution in [3.05, 3.63) is 10.9 Å². The fourth-order valence-electron chi connectivity index (χ4n) is 0.822. The molecule has 0 saturated carbocycles. The quantitative estimate of drug-likeness (QED) is 0.626. The van der Waals surface area contributed by atoms with E-state index in [1.807, 2.05) is 0 Å². The van der Waals surface area contributed by atoms with Crippen molar-refractivity contribution in [1.82, 2.24) is 0 Å². The first-order chi connectivity index (χ1) is 7.38. The van der Waals surface area contributed by atoms with Gasteiger partial charge in [0.15, 0.2) is 9.96 Å². The van der Waals surface area contributed by atoms with Gasteiger partial charge in [0.05, 0.1) is 14.2 Å². The summed E-state index contributed by atoms with van der Waals surface area (Å²) in [7, 11) is 4.23. The molecule has 0 bridgehead atoms. The molecule has 0 amide bonds. The van der Waals surface area contributed by atoms with Crippen LogP contribution in [-0.2, 0) is 18.6 Å². The first kappa shape index (κ1) is 15.2. The average Bonchev–Trinajstić information content (AvgIpc) is 2.59. The Morgan fingerprint density at radius 2 is 1.94 bits per heavy atom. The second-order valence-corrected chi connectivity index (χ2v) is 6.15. The summed E-state index contributed by atoms with van der Waals surface area (Å²) in [4.78, 5) is 8.95. The van der Waals surface area contributed by atoms with E-state index in [9.17, 15) is 8.42 Å². The number of halogens is 1. The number of rotatable bonds is 3. The summed E-state index contributed by atoms with van der Waals surface area (Å²) in [6.07, 6.45) is 0. The highest BCUT2D eigenvalue weighted by molar-refractivity contribution is 8.15. The van der Waals surface area contributed by atoms with Crippen molar-refractivity contribution in [2.24, 2.45) is 0 Å². The van der Waals surface area contributed by atoms with Crippen LogP contribution >= 0.6 is 22.0 Å². The van der Waals surface area contributed by atoms with Crippen LogP contribution in [0.15, 0.2) is 9.59 Å². The Kier molecular flexibility index (Phi) is 6.39. The third-order valence-corrected chi connectivity index (χ3v) is 4.59. The van der Waals surface area contributed by atoms with Crippen LogP contribution in [0.3, 0.4) is 0 Å². The van der Waals surface area contributed by atoms with E-state index in [4.69, 9.17) is 20.2 Å². The normalized spacial score (nSPS) is 10.0. The maximum atomic E-state index is 10.9. The minimum Gasteiger partial charge on any atom is -0.494 e. The van der Waals surface area contributed by atoms with Crippen molar-refractivity contribution < 1.29 is 22.7 Å². The Morgan fingerprint density at radius 3 is 2.19 bits per heavy atom. The molecule has 16 heavy (non-hydrogen) atoms. The Bertz CT molecular complexity index is 437. The largest absolute Gasteiger partial charge is 0.494 e. The molecular weight excluding hydrogens is 276 g/mol. The summed E-state index contributed by atoms with van der Waals surface area (Å²) < 4.78 is 30.7. The van der Waals surface area contributed by atoms with Crippen molar-refractivity contribution in [3.8, 4) is 5.75 Å². The zero-order valence-corrected chi connectivity index (χ0v) is 11.3. The topological polar surface area (TPSA) is 69.7 Å². The van der Waals surface area contributed by atoms with Gasteiger partial charge in [0.2, 0.25) is 0 Å². The highest BCUT2D eigenvalue weighted by Gasteiger charge is 2.20. The second-order valence-electron chi connectivity index (χ2n) is 2.51. The van der Waals surface area contributed by atoms with E-state index >= 15 is 0 Å². The zero-order chi connectivity index (χ0) is 12.8. The molecule has 0 fully saturated rings. The molecule has 8 heteroatoms. The first-order valence-electron chi connectivity index (χ1n) is 3.91. The summed E-state index contributed by atoms with van der Waals surface area (Å²) in [5.74, 6) is 0.343. The smallest absolute Gasteiger partial charge is 0.292 e. The lowest BCUT2D eigenvalue weighted by Crippen LogP contribution is -1.91. The van der Waals surface area contributed by atoms with Gasteiger partial charge in [0.25, 0.3) is 15.5 Å². The molecule has 0 radical (unpaired) electrons. The van der Waals surface area contributed by atoms with Crippen molar-refractivity contribution in [2.45, 2.75) is 11.1 Å². The van der Waals surface area contributed by atoms with Crippen LogP contribution in [-0.4, -0.2) is 29.1 Å². The van der Waals surface area contributed by atoms with Gasteiger partial charge in [0, 0.05) is 16.2 Å². The third kappa shape index (κ3) is 4.38. The lowest BCUT2D eigenvalue weighted by Gasteiger charge is -1.99. The minimum atomic E-state index is -3.66. The van der Waals surface area contributed by atoms with Crippen molar-refractivity contribution in [2.75, 3.05) is 14.2 Å². The van der Waals surface area contributed by atoms with Gasteiger partial charge in [0.1, 0.15) is 0 Å². The molecule has 0 saturated heterocycles. The number of carbonyl (C=O) groups is 1. The number of hydrogen-bond acceptors (Lipinski definition) is 6. The van der Waals surface area contributed by atoms with E-state index in [2.05, 4.69) is 4.74 Å². The molecular formula is C8H11ClO5S2. The van der Waals surface area contributed by atoms with Crippen LogP contribution in [0.5, 0.6) is 5.75 Å². The minimum absolute atomic E-state index is 0.0733. The molecule has 0 aromatic carbocycles. The Hall–Kier alpha value is -0.790. The van der Waals surface area contributed by atoms with Gasteiger partial charge < -0.3 is 9.47 Å². The van der Waals surface area contributed by atoms with Crippen molar-refractivity contribution in [3.63, 3.8) is 0 Å². The van der Waals surface area contributed by atoms with E-state index in [1.54, 1.807) is 12.3 Å². The lowest BCUT2D eigenvalue weighted by atomic mass is 10.4. The molecule has 0 aliphatic carbocycles. The SMILES string of the molecule is COC=O.COc1c(C)csc1S(=O)(=O)Cl. The summed E-state index contributed by atoms with van der Waals surface area (Å²) in [5, 5.41) is 1.69. The van der Waals surface area contributed by atoms with Crippen LogP contribution in [0.2, 0.25) is 0 Å². The van der Waals surface area contributed by atoms with Crippen LogP contribution < -0.4 is 4.74 Å². The van der Waals surface area contributed by atoms with E-state index in [0.29, 0.717) is 12.2 Å². The maximum absolute atomic E-state index is 10.9. The first-order valence-corrected chi connectivity index (χ1v) is 7.10. The molecule has 1 aromatic heterocycles. The standard InChI is InChI=1S/C6H7ClO3S2.C2H4O2/c1-4-3-11-6(5(4)10-2)12(7,8)9;1-4-2-3/h3H,1-2H3;2H,1H3. The number of thiophene rings is 1. The summed E-state index contributed by atoms with van der Waals surface area (Å²) >= 11 is 1.06. The van der Waals surface area contributed by atoms with E-state index < -0.39 is 9.05 Å². The molecule has 5 nitrogen and oxygen atoms in total. The molecule has 1 heterocycles. The van der Waals surface area contributed by atoms with E-state index in [0.717, 1.165) is 16.9 Å². The monoisotopic (exact) mass is 286 g/mol. The van der Waals surface area contributed by atoms with Gasteiger partial charge in [-0.1, -0.05) is 0 Å². The van der Waals surface area contributed by atoms with Gasteiger partial charge in [-0.05, 0) is 12.3 Å². The summed E-state index contributed by atoms with van der Waals surface area (Å²) in [5.41, 5.74) is 0.779. The molecule has 0 spiro atoms. The lowest BCUT2D eigenvalue weighted by molar-refractivity contribution is -0.126. The molecule has 0 unspecified atom stereocenters. The third-order valence-electron chi connectivity index (χ3n) is 1.41. The van der Waals surface area contributed by atoms with Gasteiger partial charge >= 0.3 is 0 Å². The Labute approximate surface area is 102 Å². The van der Waals surface area contributed by atoms with Gasteiger partial charge in [-0.2, -0.15) is 0 Å². The van der Waals surface area contributed by atoms with Crippen LogP contribution in [0, 0.1) is 6.92 Å². The fourth-order valence-corrected chi connectivity index (χ4v) is 3.17. The van der Waals surface area contributed by atoms with Gasteiger partial charge in [-0.3, -0.25) is 4.79 Å². The molecule has 0 atom stereocenters. The number of carbonyl (C=O) groups excluding carboxylic acids is 1. The zero-order valence-electron chi connectivity index (χ0n) is 8.89. The fraction of sp³-hybridized carbons (Fsp3) is 0.375. The van der Waals surface area contributed by atoms with Gasteiger partial charge in [-0.15, -0.1) is 11.3 Å². The number of methoxy groups -OCH3 is 2. The van der Waals surface area contributed by atoms with E-state index in [1.165, 1.54) is 14.2 Å². The average molecular weight is 287 g/mol. The Balaban J connectivity index is 0.000000487. The van der Waals surface area contributed by atoms with Crippen molar-refractivity contribution in [1.29, 1.82) is 0 Å². The molecule has 1 aromatic rings. The van der Waals surface area contributed by atoms with Crippen LogP contribution in [0.4, 0.5) is 0 Å². The highest BCUT2D eigenvalue weighted by atomic mass is 35.7. The molecule has 92 valence electrons. The number of ether oxygens (including phenoxy) is 2. The number of aryl methyl sites for hydroxylation is 1. The highest BCUT2D eigenvalue weighted by Crippen LogP contribution is 2.35. The maximum Gasteiger partial charge on any atom is 0.292 e. The molecule has 0 aliphatic rings. The second kappa shape index (κ2) is 6.72.